The fourth-order valence-corrected chi connectivity index (χ4v) is 2.52. The molecule has 0 aliphatic rings. The second-order valence-electron chi connectivity index (χ2n) is 5.34. The maximum Gasteiger partial charge on any atom is 0.273 e. The van der Waals surface area contributed by atoms with Gasteiger partial charge in [0.05, 0.1) is 5.69 Å². The molecule has 3 rings (SSSR count). The molecule has 24 heavy (non-hydrogen) atoms. The third kappa shape index (κ3) is 3.03. The highest BCUT2D eigenvalue weighted by molar-refractivity contribution is 6.03. The number of carbonyl (C=O) groups excluding carboxylic acids is 1. The first kappa shape index (κ1) is 15.9. The molecule has 0 saturated heterocycles. The second kappa shape index (κ2) is 6.61. The molecule has 0 bridgehead atoms. The average molecular weight is 325 g/mol. The van der Waals surface area contributed by atoms with Crippen molar-refractivity contribution < 1.29 is 4.79 Å². The van der Waals surface area contributed by atoms with Gasteiger partial charge >= 0.3 is 0 Å². The highest BCUT2D eigenvalue weighted by Crippen LogP contribution is 2.20. The van der Waals surface area contributed by atoms with Gasteiger partial charge in [0, 0.05) is 24.3 Å². The molecule has 8 heteroatoms. The summed E-state index contributed by atoms with van der Waals surface area (Å²) < 4.78 is 3.39. The third-order valence-corrected chi connectivity index (χ3v) is 3.64. The first-order valence-electron chi connectivity index (χ1n) is 7.84. The zero-order chi connectivity index (χ0) is 17.1. The number of hydrogen-bond acceptors (Lipinski definition) is 5. The summed E-state index contributed by atoms with van der Waals surface area (Å²) in [5.74, 6) is 0.479. The fourth-order valence-electron chi connectivity index (χ4n) is 2.52. The van der Waals surface area contributed by atoms with Crippen LogP contribution in [0.25, 0.3) is 11.4 Å². The predicted octanol–water partition coefficient (Wildman–Crippen LogP) is 2.14. The van der Waals surface area contributed by atoms with E-state index in [-0.39, 0.29) is 5.91 Å². The highest BCUT2D eigenvalue weighted by Gasteiger charge is 2.14. The van der Waals surface area contributed by atoms with E-state index in [2.05, 4.69) is 25.9 Å². The number of tetrazole rings is 1. The molecule has 1 amide bonds. The van der Waals surface area contributed by atoms with E-state index in [4.69, 9.17) is 0 Å². The van der Waals surface area contributed by atoms with Gasteiger partial charge in [0.2, 0.25) is 0 Å². The smallest absolute Gasteiger partial charge is 0.273 e. The van der Waals surface area contributed by atoms with E-state index < -0.39 is 0 Å². The van der Waals surface area contributed by atoms with Crippen molar-refractivity contribution in [3.05, 3.63) is 41.7 Å². The lowest BCUT2D eigenvalue weighted by atomic mass is 10.2. The lowest BCUT2D eigenvalue weighted by Gasteiger charge is -2.08. The Morgan fingerprint density at radius 1 is 1.17 bits per heavy atom. The summed E-state index contributed by atoms with van der Waals surface area (Å²) in [6, 6.07) is 9.24. The maximum absolute atomic E-state index is 12.5. The van der Waals surface area contributed by atoms with Crippen molar-refractivity contribution in [1.29, 1.82) is 0 Å². The van der Waals surface area contributed by atoms with Crippen LogP contribution in [0, 0.1) is 6.92 Å². The van der Waals surface area contributed by atoms with Crippen molar-refractivity contribution in [1.82, 2.24) is 30.0 Å². The van der Waals surface area contributed by atoms with Gasteiger partial charge in [-0.25, -0.2) is 4.68 Å². The average Bonchev–Trinajstić information content (AvgIpc) is 3.20. The van der Waals surface area contributed by atoms with Crippen LogP contribution in [0.5, 0.6) is 0 Å². The molecule has 0 aliphatic heterocycles. The number of anilines is 1. The Hall–Kier alpha value is -3.03. The number of nitrogens with zero attached hydrogens (tertiary/aromatic N) is 6. The van der Waals surface area contributed by atoms with Crippen molar-refractivity contribution >= 4 is 11.6 Å². The van der Waals surface area contributed by atoms with Gasteiger partial charge in [-0.3, -0.25) is 9.48 Å². The Bertz CT molecular complexity index is 865. The second-order valence-corrected chi connectivity index (χ2v) is 5.34. The van der Waals surface area contributed by atoms with E-state index in [1.807, 2.05) is 45.0 Å². The zero-order valence-electron chi connectivity index (χ0n) is 13.9. The van der Waals surface area contributed by atoms with E-state index in [1.54, 1.807) is 15.4 Å². The quantitative estimate of drug-likeness (QED) is 0.776. The molecule has 1 N–H and O–H groups in total. The number of aryl methyl sites for hydroxylation is 3. The summed E-state index contributed by atoms with van der Waals surface area (Å²) in [5, 5.41) is 18.9. The first-order valence-corrected chi connectivity index (χ1v) is 7.84. The maximum atomic E-state index is 12.5. The third-order valence-electron chi connectivity index (χ3n) is 3.64. The molecule has 0 radical (unpaired) electrons. The molecule has 2 aromatic heterocycles. The highest BCUT2D eigenvalue weighted by atomic mass is 16.2. The van der Waals surface area contributed by atoms with Gasteiger partial charge in [-0.15, -0.1) is 5.10 Å². The van der Waals surface area contributed by atoms with Crippen LogP contribution in [-0.2, 0) is 13.1 Å². The summed E-state index contributed by atoms with van der Waals surface area (Å²) in [4.78, 5) is 12.5. The van der Waals surface area contributed by atoms with Crippen LogP contribution >= 0.6 is 0 Å². The van der Waals surface area contributed by atoms with Crippen LogP contribution in [0.15, 0.2) is 30.3 Å². The molecule has 124 valence electrons. The number of aromatic nitrogens is 6. The number of hydrogen-bond donors (Lipinski definition) is 1. The van der Waals surface area contributed by atoms with Crippen molar-refractivity contribution in [2.45, 2.75) is 33.9 Å². The minimum atomic E-state index is -0.190. The molecular weight excluding hydrogens is 306 g/mol. The van der Waals surface area contributed by atoms with E-state index >= 15 is 0 Å². The van der Waals surface area contributed by atoms with Crippen molar-refractivity contribution in [2.75, 3.05) is 5.32 Å². The lowest BCUT2D eigenvalue weighted by molar-refractivity contribution is 0.101. The van der Waals surface area contributed by atoms with Crippen LogP contribution in [0.2, 0.25) is 0 Å². The van der Waals surface area contributed by atoms with Gasteiger partial charge in [-0.2, -0.15) is 5.10 Å². The number of amides is 1. The summed E-state index contributed by atoms with van der Waals surface area (Å²) >= 11 is 0. The van der Waals surface area contributed by atoms with Gasteiger partial charge in [-0.05, 0) is 49.4 Å². The number of carbonyl (C=O) groups is 1. The molecule has 2 heterocycles. The number of nitrogens with one attached hydrogen (secondary N) is 1. The normalized spacial score (nSPS) is 10.8. The number of rotatable bonds is 5. The number of benzene rings is 1. The van der Waals surface area contributed by atoms with Crippen molar-refractivity contribution in [3.63, 3.8) is 0 Å². The van der Waals surface area contributed by atoms with Crippen LogP contribution in [0.1, 0.15) is 30.0 Å². The molecule has 0 fully saturated rings. The molecule has 8 nitrogen and oxygen atoms in total. The molecule has 0 saturated carbocycles. The van der Waals surface area contributed by atoms with Crippen LogP contribution in [-0.4, -0.2) is 35.9 Å². The van der Waals surface area contributed by atoms with Crippen molar-refractivity contribution in [2.24, 2.45) is 0 Å². The van der Waals surface area contributed by atoms with Crippen LogP contribution in [0.3, 0.4) is 0 Å². The minimum Gasteiger partial charge on any atom is -0.321 e. The molecule has 3 aromatic rings. The summed E-state index contributed by atoms with van der Waals surface area (Å²) in [6.07, 6.45) is 0. The zero-order valence-corrected chi connectivity index (χ0v) is 13.9. The molecule has 0 spiro atoms. The Morgan fingerprint density at radius 2 is 1.96 bits per heavy atom. The Kier molecular flexibility index (Phi) is 4.37. The first-order chi connectivity index (χ1) is 11.6. The van der Waals surface area contributed by atoms with Crippen molar-refractivity contribution in [3.8, 4) is 11.4 Å². The van der Waals surface area contributed by atoms with E-state index in [0.29, 0.717) is 30.3 Å². The molecular formula is C16H19N7O. The summed E-state index contributed by atoms with van der Waals surface area (Å²) in [6.45, 7) is 7.11. The summed E-state index contributed by atoms with van der Waals surface area (Å²) in [7, 11) is 0. The van der Waals surface area contributed by atoms with E-state index in [0.717, 1.165) is 11.3 Å². The van der Waals surface area contributed by atoms with Gasteiger partial charge in [0.15, 0.2) is 5.82 Å². The predicted molar refractivity (Wildman–Crippen MR) is 89.5 cm³/mol. The Balaban J connectivity index is 1.86. The topological polar surface area (TPSA) is 90.5 Å². The minimum absolute atomic E-state index is 0.190. The van der Waals surface area contributed by atoms with Crippen LogP contribution in [0.4, 0.5) is 5.69 Å². The van der Waals surface area contributed by atoms with Gasteiger partial charge in [0.25, 0.3) is 5.91 Å². The molecule has 0 atom stereocenters. The Labute approximate surface area is 139 Å². The largest absolute Gasteiger partial charge is 0.321 e. The monoisotopic (exact) mass is 325 g/mol. The van der Waals surface area contributed by atoms with Gasteiger partial charge in [-0.1, -0.05) is 12.1 Å². The molecule has 1 aromatic carbocycles. The van der Waals surface area contributed by atoms with Gasteiger partial charge < -0.3 is 5.32 Å². The molecule has 0 aliphatic carbocycles. The summed E-state index contributed by atoms with van der Waals surface area (Å²) in [5.41, 5.74) is 2.89. The standard InChI is InChI=1S/C16H19N7O/c1-4-22-14(9-11(3)19-22)16(24)17-13-8-6-7-12(10-13)15-18-20-21-23(15)5-2/h6-10H,4-5H2,1-3H3,(H,17,24). The van der Waals surface area contributed by atoms with Gasteiger partial charge in [0.1, 0.15) is 5.69 Å². The fraction of sp³-hybridized carbons (Fsp3) is 0.312. The lowest BCUT2D eigenvalue weighted by Crippen LogP contribution is -2.17. The van der Waals surface area contributed by atoms with E-state index in [9.17, 15) is 4.79 Å². The SMILES string of the molecule is CCn1nc(C)cc1C(=O)Nc1cccc(-c2nnnn2CC)c1. The van der Waals surface area contributed by atoms with Crippen LogP contribution < -0.4 is 5.32 Å². The Morgan fingerprint density at radius 3 is 2.71 bits per heavy atom. The molecule has 0 unspecified atom stereocenters. The van der Waals surface area contributed by atoms with E-state index in [1.165, 1.54) is 0 Å².